The standard InChI is InChI=1S/C19H16BrN3O/c1-23(16-5-3-2-4-6-16)17-11-12-18(21-13-17)19(24)22-15-9-7-14(20)8-10-15/h2-13H,1H3,(H,22,24). The third-order valence-electron chi connectivity index (χ3n) is 3.61. The molecule has 2 aromatic carbocycles. The van der Waals surface area contributed by atoms with Crippen molar-refractivity contribution in [3.05, 3.63) is 83.1 Å². The van der Waals surface area contributed by atoms with E-state index in [2.05, 4.69) is 26.2 Å². The van der Waals surface area contributed by atoms with Crippen molar-refractivity contribution in [3.8, 4) is 0 Å². The molecule has 0 aliphatic heterocycles. The number of benzene rings is 2. The highest BCUT2D eigenvalue weighted by atomic mass is 79.9. The number of amides is 1. The molecule has 0 saturated heterocycles. The number of halogens is 1. The molecule has 0 aliphatic rings. The number of pyridine rings is 1. The molecule has 0 spiro atoms. The number of para-hydroxylation sites is 1. The molecular formula is C19H16BrN3O. The van der Waals surface area contributed by atoms with Crippen LogP contribution < -0.4 is 10.2 Å². The first-order valence-electron chi connectivity index (χ1n) is 7.45. The summed E-state index contributed by atoms with van der Waals surface area (Å²) in [5, 5.41) is 2.83. The van der Waals surface area contributed by atoms with Crippen LogP contribution in [-0.2, 0) is 0 Å². The van der Waals surface area contributed by atoms with Crippen molar-refractivity contribution in [2.24, 2.45) is 0 Å². The van der Waals surface area contributed by atoms with Gasteiger partial charge in [-0.15, -0.1) is 0 Å². The number of rotatable bonds is 4. The van der Waals surface area contributed by atoms with Crippen molar-refractivity contribution in [2.45, 2.75) is 0 Å². The Morgan fingerprint density at radius 2 is 1.67 bits per heavy atom. The zero-order valence-electron chi connectivity index (χ0n) is 13.1. The number of nitrogens with one attached hydrogen (secondary N) is 1. The molecule has 24 heavy (non-hydrogen) atoms. The van der Waals surface area contributed by atoms with E-state index in [4.69, 9.17) is 0 Å². The highest BCUT2D eigenvalue weighted by Gasteiger charge is 2.09. The Morgan fingerprint density at radius 3 is 2.29 bits per heavy atom. The molecule has 0 bridgehead atoms. The molecular weight excluding hydrogens is 366 g/mol. The minimum absolute atomic E-state index is 0.230. The summed E-state index contributed by atoms with van der Waals surface area (Å²) in [4.78, 5) is 18.5. The average Bonchev–Trinajstić information content (AvgIpc) is 2.64. The lowest BCUT2D eigenvalue weighted by Gasteiger charge is -2.19. The van der Waals surface area contributed by atoms with Gasteiger partial charge < -0.3 is 10.2 Å². The lowest BCUT2D eigenvalue weighted by molar-refractivity contribution is 0.102. The van der Waals surface area contributed by atoms with Crippen molar-refractivity contribution in [1.29, 1.82) is 0 Å². The molecule has 1 N–H and O–H groups in total. The second-order valence-electron chi connectivity index (χ2n) is 5.26. The highest BCUT2D eigenvalue weighted by molar-refractivity contribution is 9.10. The van der Waals surface area contributed by atoms with E-state index in [0.717, 1.165) is 21.5 Å². The average molecular weight is 382 g/mol. The summed E-state index contributed by atoms with van der Waals surface area (Å²) in [5.74, 6) is -0.230. The maximum absolute atomic E-state index is 12.3. The number of hydrogen-bond donors (Lipinski definition) is 1. The number of aromatic nitrogens is 1. The molecule has 5 heteroatoms. The quantitative estimate of drug-likeness (QED) is 0.701. The minimum atomic E-state index is -0.230. The van der Waals surface area contributed by atoms with Crippen LogP contribution >= 0.6 is 15.9 Å². The Balaban J connectivity index is 1.72. The SMILES string of the molecule is CN(c1ccccc1)c1ccc(C(=O)Nc2ccc(Br)cc2)nc1. The zero-order chi connectivity index (χ0) is 16.9. The molecule has 3 rings (SSSR count). The summed E-state index contributed by atoms with van der Waals surface area (Å²) >= 11 is 3.37. The van der Waals surface area contributed by atoms with Crippen LogP contribution in [0, 0.1) is 0 Å². The largest absolute Gasteiger partial charge is 0.343 e. The van der Waals surface area contributed by atoms with Gasteiger partial charge in [0.15, 0.2) is 0 Å². The van der Waals surface area contributed by atoms with Crippen molar-refractivity contribution >= 4 is 38.9 Å². The molecule has 0 atom stereocenters. The van der Waals surface area contributed by atoms with Gasteiger partial charge in [0.25, 0.3) is 5.91 Å². The van der Waals surface area contributed by atoms with Crippen LogP contribution in [0.2, 0.25) is 0 Å². The second kappa shape index (κ2) is 7.27. The van der Waals surface area contributed by atoms with E-state index in [0.29, 0.717) is 5.69 Å². The zero-order valence-corrected chi connectivity index (χ0v) is 14.7. The second-order valence-corrected chi connectivity index (χ2v) is 6.17. The van der Waals surface area contributed by atoms with Crippen LogP contribution in [0.15, 0.2) is 77.4 Å². The highest BCUT2D eigenvalue weighted by Crippen LogP contribution is 2.22. The van der Waals surface area contributed by atoms with Crippen LogP contribution in [0.1, 0.15) is 10.5 Å². The smallest absolute Gasteiger partial charge is 0.274 e. The molecule has 0 saturated carbocycles. The van der Waals surface area contributed by atoms with Gasteiger partial charge in [-0.1, -0.05) is 34.1 Å². The van der Waals surface area contributed by atoms with Crippen molar-refractivity contribution in [3.63, 3.8) is 0 Å². The first kappa shape index (κ1) is 16.2. The predicted molar refractivity (Wildman–Crippen MR) is 101 cm³/mol. The molecule has 120 valence electrons. The molecule has 1 heterocycles. The van der Waals surface area contributed by atoms with E-state index in [9.17, 15) is 4.79 Å². The van der Waals surface area contributed by atoms with E-state index in [1.807, 2.05) is 72.6 Å². The number of anilines is 3. The summed E-state index contributed by atoms with van der Waals surface area (Å²) < 4.78 is 0.965. The Labute approximate surface area is 149 Å². The topological polar surface area (TPSA) is 45.2 Å². The van der Waals surface area contributed by atoms with Crippen molar-refractivity contribution in [2.75, 3.05) is 17.3 Å². The first-order chi connectivity index (χ1) is 11.6. The number of carbonyl (C=O) groups excluding carboxylic acids is 1. The fourth-order valence-electron chi connectivity index (χ4n) is 2.25. The van der Waals surface area contributed by atoms with E-state index in [1.54, 1.807) is 12.3 Å². The van der Waals surface area contributed by atoms with Gasteiger partial charge in [-0.2, -0.15) is 0 Å². The lowest BCUT2D eigenvalue weighted by atomic mass is 10.2. The van der Waals surface area contributed by atoms with Crippen LogP contribution in [0.25, 0.3) is 0 Å². The third-order valence-corrected chi connectivity index (χ3v) is 4.14. The molecule has 4 nitrogen and oxygen atoms in total. The van der Waals surface area contributed by atoms with E-state index < -0.39 is 0 Å². The van der Waals surface area contributed by atoms with Crippen LogP contribution in [-0.4, -0.2) is 17.9 Å². The summed E-state index contributed by atoms with van der Waals surface area (Å²) in [5.41, 5.74) is 3.09. The van der Waals surface area contributed by atoms with E-state index in [1.165, 1.54) is 0 Å². The fraction of sp³-hybridized carbons (Fsp3) is 0.0526. The Kier molecular flexibility index (Phi) is 4.91. The third kappa shape index (κ3) is 3.81. The summed E-state index contributed by atoms with van der Waals surface area (Å²) in [7, 11) is 1.97. The Hall–Kier alpha value is -2.66. The van der Waals surface area contributed by atoms with Crippen LogP contribution in [0.3, 0.4) is 0 Å². The number of nitrogens with zero attached hydrogens (tertiary/aromatic N) is 2. The van der Waals surface area contributed by atoms with Gasteiger partial charge >= 0.3 is 0 Å². The first-order valence-corrected chi connectivity index (χ1v) is 8.24. The molecule has 0 aliphatic carbocycles. The summed E-state index contributed by atoms with van der Waals surface area (Å²) in [6, 6.07) is 21.0. The number of hydrogen-bond acceptors (Lipinski definition) is 3. The van der Waals surface area contributed by atoms with Gasteiger partial charge in [0.1, 0.15) is 5.69 Å². The van der Waals surface area contributed by atoms with Gasteiger partial charge in [-0.3, -0.25) is 4.79 Å². The van der Waals surface area contributed by atoms with Crippen molar-refractivity contribution in [1.82, 2.24) is 4.98 Å². The normalized spacial score (nSPS) is 10.2. The molecule has 0 radical (unpaired) electrons. The van der Waals surface area contributed by atoms with Crippen LogP contribution in [0.4, 0.5) is 17.1 Å². The van der Waals surface area contributed by atoms with Gasteiger partial charge in [-0.05, 0) is 48.5 Å². The Morgan fingerprint density at radius 1 is 0.958 bits per heavy atom. The van der Waals surface area contributed by atoms with Gasteiger partial charge in [0.2, 0.25) is 0 Å². The van der Waals surface area contributed by atoms with E-state index in [-0.39, 0.29) is 5.91 Å². The molecule has 1 aromatic heterocycles. The maximum atomic E-state index is 12.3. The Bertz CT molecular complexity index is 817. The van der Waals surface area contributed by atoms with Gasteiger partial charge in [0.05, 0.1) is 11.9 Å². The molecule has 0 fully saturated rings. The molecule has 0 unspecified atom stereocenters. The van der Waals surface area contributed by atoms with Gasteiger partial charge in [0, 0.05) is 22.9 Å². The van der Waals surface area contributed by atoms with Crippen molar-refractivity contribution < 1.29 is 4.79 Å². The molecule has 3 aromatic rings. The summed E-state index contributed by atoms with van der Waals surface area (Å²) in [6.07, 6.45) is 1.70. The van der Waals surface area contributed by atoms with Gasteiger partial charge in [-0.25, -0.2) is 4.98 Å². The number of carbonyl (C=O) groups is 1. The maximum Gasteiger partial charge on any atom is 0.274 e. The monoisotopic (exact) mass is 381 g/mol. The van der Waals surface area contributed by atoms with Crippen LogP contribution in [0.5, 0.6) is 0 Å². The predicted octanol–water partition coefficient (Wildman–Crippen LogP) is 4.86. The minimum Gasteiger partial charge on any atom is -0.343 e. The van der Waals surface area contributed by atoms with E-state index >= 15 is 0 Å². The fourth-order valence-corrected chi connectivity index (χ4v) is 2.51. The summed E-state index contributed by atoms with van der Waals surface area (Å²) in [6.45, 7) is 0. The molecule has 1 amide bonds. The lowest BCUT2D eigenvalue weighted by Crippen LogP contribution is -2.15.